The molecule has 1 amide bonds. The molecule has 0 saturated heterocycles. The zero-order chi connectivity index (χ0) is 14.7. The number of nitrogens with zero attached hydrogens (tertiary/aromatic N) is 2. The van der Waals surface area contributed by atoms with Crippen molar-refractivity contribution in [3.05, 3.63) is 53.3 Å². The summed E-state index contributed by atoms with van der Waals surface area (Å²) in [6, 6.07) is 11.9. The Morgan fingerprint density at radius 3 is 2.35 bits per heavy atom. The van der Waals surface area contributed by atoms with Gasteiger partial charge in [-0.1, -0.05) is 18.2 Å². The topological polar surface area (TPSA) is 25.2 Å². The van der Waals surface area contributed by atoms with Crippen LogP contribution in [0.1, 0.15) is 23.9 Å². The Kier molecular flexibility index (Phi) is 4.28. The molecule has 2 rings (SSSR count). The van der Waals surface area contributed by atoms with Gasteiger partial charge in [-0.25, -0.2) is 0 Å². The molecule has 0 aliphatic carbocycles. The summed E-state index contributed by atoms with van der Waals surface area (Å²) < 4.78 is 2.13. The van der Waals surface area contributed by atoms with E-state index < -0.39 is 0 Å². The van der Waals surface area contributed by atoms with Crippen molar-refractivity contribution < 1.29 is 4.79 Å². The Hall–Kier alpha value is -2.03. The number of para-hydroxylation sites is 1. The van der Waals surface area contributed by atoms with Gasteiger partial charge in [-0.2, -0.15) is 0 Å². The van der Waals surface area contributed by atoms with Crippen molar-refractivity contribution in [1.29, 1.82) is 0 Å². The summed E-state index contributed by atoms with van der Waals surface area (Å²) >= 11 is 0. The number of rotatable bonds is 4. The molecule has 1 aromatic heterocycles. The lowest BCUT2D eigenvalue weighted by atomic mass is 10.1. The van der Waals surface area contributed by atoms with E-state index in [0.717, 1.165) is 11.3 Å². The van der Waals surface area contributed by atoms with E-state index in [4.69, 9.17) is 0 Å². The fraction of sp³-hybridized carbons (Fsp3) is 0.353. The Balaban J connectivity index is 2.20. The fourth-order valence-electron chi connectivity index (χ4n) is 2.48. The standard InChI is InChI=1S/C17H22N2O/c1-5-19(16-9-7-6-8-10-16)17(20)12-15-11-13(2)18(4)14(15)3/h6-11H,5,12H2,1-4H3. The van der Waals surface area contributed by atoms with Gasteiger partial charge in [0.05, 0.1) is 6.42 Å². The average Bonchev–Trinajstić information content (AvgIpc) is 2.68. The third kappa shape index (κ3) is 2.77. The molecule has 0 unspecified atom stereocenters. The van der Waals surface area contributed by atoms with E-state index in [2.05, 4.69) is 24.5 Å². The van der Waals surface area contributed by atoms with E-state index >= 15 is 0 Å². The van der Waals surface area contributed by atoms with Gasteiger partial charge in [0.1, 0.15) is 0 Å². The number of aromatic nitrogens is 1. The summed E-state index contributed by atoms with van der Waals surface area (Å²) in [6.07, 6.45) is 0.455. The molecule has 1 heterocycles. The molecule has 20 heavy (non-hydrogen) atoms. The van der Waals surface area contributed by atoms with Crippen molar-refractivity contribution in [2.45, 2.75) is 27.2 Å². The van der Waals surface area contributed by atoms with Gasteiger partial charge in [0.15, 0.2) is 0 Å². The smallest absolute Gasteiger partial charge is 0.231 e. The van der Waals surface area contributed by atoms with Crippen LogP contribution in [0.4, 0.5) is 5.69 Å². The van der Waals surface area contributed by atoms with Crippen molar-refractivity contribution in [3.63, 3.8) is 0 Å². The first-order chi connectivity index (χ1) is 9.54. The molecule has 3 nitrogen and oxygen atoms in total. The van der Waals surface area contributed by atoms with Crippen LogP contribution in [-0.2, 0) is 18.3 Å². The summed E-state index contributed by atoms with van der Waals surface area (Å²) in [5.41, 5.74) is 4.43. The van der Waals surface area contributed by atoms with Crippen LogP contribution in [0, 0.1) is 13.8 Å². The van der Waals surface area contributed by atoms with Crippen LogP contribution in [-0.4, -0.2) is 17.0 Å². The van der Waals surface area contributed by atoms with Gasteiger partial charge in [0.2, 0.25) is 5.91 Å². The summed E-state index contributed by atoms with van der Waals surface area (Å²) in [6.45, 7) is 6.83. The van der Waals surface area contributed by atoms with Crippen molar-refractivity contribution in [3.8, 4) is 0 Å². The molecule has 0 fully saturated rings. The zero-order valence-corrected chi connectivity index (χ0v) is 12.7. The lowest BCUT2D eigenvalue weighted by Gasteiger charge is -2.21. The number of amides is 1. The first-order valence-corrected chi connectivity index (χ1v) is 7.01. The molecule has 0 saturated carbocycles. The first-order valence-electron chi connectivity index (χ1n) is 7.01. The Labute approximate surface area is 120 Å². The Morgan fingerprint density at radius 1 is 1.20 bits per heavy atom. The third-order valence-electron chi connectivity index (χ3n) is 3.91. The van der Waals surface area contributed by atoms with Gasteiger partial charge in [-0.3, -0.25) is 4.79 Å². The van der Waals surface area contributed by atoms with Crippen molar-refractivity contribution in [2.75, 3.05) is 11.4 Å². The van der Waals surface area contributed by atoms with Gasteiger partial charge in [0, 0.05) is 30.7 Å². The highest BCUT2D eigenvalue weighted by Crippen LogP contribution is 2.18. The van der Waals surface area contributed by atoms with Crippen LogP contribution in [0.2, 0.25) is 0 Å². The molecule has 0 N–H and O–H groups in total. The van der Waals surface area contributed by atoms with Gasteiger partial charge in [-0.15, -0.1) is 0 Å². The molecular weight excluding hydrogens is 248 g/mol. The quantitative estimate of drug-likeness (QED) is 0.837. The SMILES string of the molecule is CCN(C(=O)Cc1cc(C)n(C)c1C)c1ccccc1. The Morgan fingerprint density at radius 2 is 1.85 bits per heavy atom. The minimum absolute atomic E-state index is 0.146. The fourth-order valence-corrected chi connectivity index (χ4v) is 2.48. The number of likely N-dealkylation sites (N-methyl/N-ethyl adjacent to an activating group) is 1. The highest BCUT2D eigenvalue weighted by Gasteiger charge is 2.16. The predicted octanol–water partition coefficient (Wildman–Crippen LogP) is 3.24. The van der Waals surface area contributed by atoms with Gasteiger partial charge >= 0.3 is 0 Å². The number of carbonyl (C=O) groups excluding carboxylic acids is 1. The maximum Gasteiger partial charge on any atom is 0.231 e. The summed E-state index contributed by atoms with van der Waals surface area (Å²) in [5, 5.41) is 0. The molecule has 0 aliphatic rings. The molecule has 0 spiro atoms. The molecular formula is C17H22N2O. The van der Waals surface area contributed by atoms with Crippen LogP contribution < -0.4 is 4.90 Å². The minimum Gasteiger partial charge on any atom is -0.352 e. The average molecular weight is 270 g/mol. The molecule has 0 radical (unpaired) electrons. The first kappa shape index (κ1) is 14.4. The monoisotopic (exact) mass is 270 g/mol. The molecule has 3 heteroatoms. The molecule has 0 bridgehead atoms. The van der Waals surface area contributed by atoms with Gasteiger partial charge in [0.25, 0.3) is 0 Å². The number of aryl methyl sites for hydroxylation is 1. The lowest BCUT2D eigenvalue weighted by Crippen LogP contribution is -2.32. The van der Waals surface area contributed by atoms with Gasteiger partial charge < -0.3 is 9.47 Å². The van der Waals surface area contributed by atoms with E-state index in [1.54, 1.807) is 0 Å². The van der Waals surface area contributed by atoms with Crippen LogP contribution >= 0.6 is 0 Å². The highest BCUT2D eigenvalue weighted by atomic mass is 16.2. The van der Waals surface area contributed by atoms with Crippen LogP contribution in [0.3, 0.4) is 0 Å². The van der Waals surface area contributed by atoms with E-state index in [9.17, 15) is 4.79 Å². The van der Waals surface area contributed by atoms with Crippen molar-refractivity contribution in [2.24, 2.45) is 7.05 Å². The zero-order valence-electron chi connectivity index (χ0n) is 12.7. The Bertz CT molecular complexity index is 599. The predicted molar refractivity (Wildman–Crippen MR) is 83.1 cm³/mol. The molecule has 1 aromatic carbocycles. The van der Waals surface area contributed by atoms with Crippen molar-refractivity contribution >= 4 is 11.6 Å². The summed E-state index contributed by atoms with van der Waals surface area (Å²) in [4.78, 5) is 14.4. The molecule has 2 aromatic rings. The number of anilines is 1. The molecule has 0 atom stereocenters. The minimum atomic E-state index is 0.146. The van der Waals surface area contributed by atoms with Crippen molar-refractivity contribution in [1.82, 2.24) is 4.57 Å². The highest BCUT2D eigenvalue weighted by molar-refractivity contribution is 5.94. The second-order valence-electron chi connectivity index (χ2n) is 5.11. The van der Waals surface area contributed by atoms with Crippen LogP contribution in [0.15, 0.2) is 36.4 Å². The molecule has 106 valence electrons. The van der Waals surface area contributed by atoms with E-state index in [-0.39, 0.29) is 5.91 Å². The third-order valence-corrected chi connectivity index (χ3v) is 3.91. The van der Waals surface area contributed by atoms with E-state index in [0.29, 0.717) is 13.0 Å². The van der Waals surface area contributed by atoms with E-state index in [1.165, 1.54) is 11.4 Å². The number of benzene rings is 1. The second-order valence-corrected chi connectivity index (χ2v) is 5.11. The normalized spacial score (nSPS) is 10.6. The van der Waals surface area contributed by atoms with Crippen LogP contribution in [0.25, 0.3) is 0 Å². The van der Waals surface area contributed by atoms with Crippen LogP contribution in [0.5, 0.6) is 0 Å². The number of carbonyl (C=O) groups is 1. The lowest BCUT2D eigenvalue weighted by molar-refractivity contribution is -0.117. The summed E-state index contributed by atoms with van der Waals surface area (Å²) in [7, 11) is 2.04. The van der Waals surface area contributed by atoms with E-state index in [1.807, 2.05) is 49.2 Å². The maximum atomic E-state index is 12.5. The number of hydrogen-bond donors (Lipinski definition) is 0. The largest absolute Gasteiger partial charge is 0.352 e. The van der Waals surface area contributed by atoms with Gasteiger partial charge in [-0.05, 0) is 44.5 Å². The summed E-state index contributed by atoms with van der Waals surface area (Å²) in [5.74, 6) is 0.146. The maximum absolute atomic E-state index is 12.5. The molecule has 0 aliphatic heterocycles. The number of hydrogen-bond acceptors (Lipinski definition) is 1. The second kappa shape index (κ2) is 5.95.